The van der Waals surface area contributed by atoms with Crippen LogP contribution in [0, 0.1) is 11.8 Å². The number of carbonyl (C=O) groups is 2. The lowest BCUT2D eigenvalue weighted by molar-refractivity contribution is -0.140. The predicted octanol–water partition coefficient (Wildman–Crippen LogP) is 2.42. The zero-order valence-electron chi connectivity index (χ0n) is 20.0. The summed E-state index contributed by atoms with van der Waals surface area (Å²) in [5.41, 5.74) is 4.18. The average Bonchev–Trinajstić information content (AvgIpc) is 3.34. The van der Waals surface area contributed by atoms with Gasteiger partial charge in [-0.15, -0.1) is 0 Å². The molecule has 184 valence electrons. The molecule has 1 saturated carbocycles. The molecule has 0 aromatic heterocycles. The highest BCUT2D eigenvalue weighted by molar-refractivity contribution is 6.46. The lowest BCUT2D eigenvalue weighted by Crippen LogP contribution is -2.71. The van der Waals surface area contributed by atoms with Crippen LogP contribution in [0.3, 0.4) is 0 Å². The van der Waals surface area contributed by atoms with Crippen LogP contribution < -0.4 is 4.90 Å². The number of ether oxygens (including phenoxy) is 2. The number of anilines is 1. The molecule has 1 spiro atoms. The molecular weight excluding hydrogens is 446 g/mol. The number of nitrogens with zero attached hydrogens (tertiary/aromatic N) is 3. The Morgan fingerprint density at radius 3 is 3.06 bits per heavy atom. The van der Waals surface area contributed by atoms with Crippen molar-refractivity contribution in [3.8, 4) is 0 Å². The second-order valence-corrected chi connectivity index (χ2v) is 10.7. The fourth-order valence-corrected chi connectivity index (χ4v) is 8.13. The van der Waals surface area contributed by atoms with Gasteiger partial charge < -0.3 is 19.2 Å². The summed E-state index contributed by atoms with van der Waals surface area (Å²) >= 11 is 0. The van der Waals surface area contributed by atoms with E-state index in [4.69, 9.17) is 9.57 Å². The maximum Gasteiger partial charge on any atom is 0.305 e. The second kappa shape index (κ2) is 7.90. The van der Waals surface area contributed by atoms with Gasteiger partial charge in [0.1, 0.15) is 12.7 Å². The van der Waals surface area contributed by atoms with E-state index in [0.717, 1.165) is 31.6 Å². The number of para-hydroxylation sites is 1. The number of benzene rings is 1. The van der Waals surface area contributed by atoms with Crippen molar-refractivity contribution in [1.82, 2.24) is 4.90 Å². The largest absolute Gasteiger partial charge is 0.469 e. The summed E-state index contributed by atoms with van der Waals surface area (Å²) in [6.45, 7) is 2.94. The van der Waals surface area contributed by atoms with E-state index < -0.39 is 0 Å². The van der Waals surface area contributed by atoms with Gasteiger partial charge >= 0.3 is 5.97 Å². The molecule has 4 fully saturated rings. The summed E-state index contributed by atoms with van der Waals surface area (Å²) in [6, 6.07) is 9.06. The van der Waals surface area contributed by atoms with Gasteiger partial charge in [-0.1, -0.05) is 35.0 Å². The standard InChI is InChI=1S/C27H31N3O5/c1-33-21(31)8-4-5-12-35-28-23-24-22-17-14-20-27(10-11-29(20)15-16(17)9-13-34-24)18-6-2-3-7-19(18)30(25(22)27)26(23)32/h2-3,6-7,9,17,20,22,24-25H,4-5,8,10-15H2,1H3/b28-23+/t17-,20-,22-,24+,25-,27+/m0/s1. The molecule has 8 heteroatoms. The van der Waals surface area contributed by atoms with Gasteiger partial charge in [0.25, 0.3) is 5.91 Å². The minimum absolute atomic E-state index is 0.0365. The van der Waals surface area contributed by atoms with Gasteiger partial charge in [0, 0.05) is 36.0 Å². The van der Waals surface area contributed by atoms with Crippen LogP contribution in [0.2, 0.25) is 0 Å². The fourth-order valence-electron chi connectivity index (χ4n) is 8.13. The number of hydrogen-bond donors (Lipinski definition) is 0. The SMILES string of the molecule is COC(=O)CCCCO/N=C1/C(=O)N2c3ccccc3[C@@]34CCN5CC6=CCO[C@@H]1[C@@H]([C@H]23)[C@H]6C[C@H]54. The van der Waals surface area contributed by atoms with Gasteiger partial charge in [0.05, 0.1) is 19.8 Å². The highest BCUT2D eigenvalue weighted by Gasteiger charge is 2.72. The molecule has 5 heterocycles. The van der Waals surface area contributed by atoms with Crippen LogP contribution in [0.25, 0.3) is 0 Å². The lowest BCUT2D eigenvalue weighted by Gasteiger charge is -2.58. The zero-order chi connectivity index (χ0) is 23.7. The lowest BCUT2D eigenvalue weighted by atomic mass is 9.53. The molecule has 0 unspecified atom stereocenters. The maximum absolute atomic E-state index is 14.1. The molecule has 3 saturated heterocycles. The van der Waals surface area contributed by atoms with E-state index in [9.17, 15) is 9.59 Å². The Kier molecular flexibility index (Phi) is 4.87. The number of fused-ring (bicyclic) bond motifs is 2. The second-order valence-electron chi connectivity index (χ2n) is 10.7. The number of oxime groups is 1. The number of unbranched alkanes of at least 4 members (excludes halogenated alkanes) is 1. The van der Waals surface area contributed by atoms with Gasteiger partial charge in [-0.05, 0) is 49.8 Å². The van der Waals surface area contributed by atoms with E-state index in [0.29, 0.717) is 50.1 Å². The molecule has 7 rings (SSSR count). The smallest absolute Gasteiger partial charge is 0.305 e. The van der Waals surface area contributed by atoms with Crippen LogP contribution in [0.1, 0.15) is 37.7 Å². The van der Waals surface area contributed by atoms with Gasteiger partial charge in [-0.2, -0.15) is 0 Å². The van der Waals surface area contributed by atoms with Crippen molar-refractivity contribution in [2.75, 3.05) is 38.3 Å². The van der Waals surface area contributed by atoms with Crippen molar-refractivity contribution in [3.05, 3.63) is 41.5 Å². The van der Waals surface area contributed by atoms with Crippen LogP contribution in [-0.4, -0.2) is 74.1 Å². The Hall–Kier alpha value is -2.71. The van der Waals surface area contributed by atoms with Crippen LogP contribution in [0.15, 0.2) is 41.1 Å². The number of methoxy groups -OCH3 is 1. The molecule has 2 bridgehead atoms. The highest BCUT2D eigenvalue weighted by Crippen LogP contribution is 2.65. The van der Waals surface area contributed by atoms with E-state index in [2.05, 4.69) is 44.0 Å². The Morgan fingerprint density at radius 2 is 2.17 bits per heavy atom. The summed E-state index contributed by atoms with van der Waals surface area (Å²) in [5, 5.41) is 4.42. The van der Waals surface area contributed by atoms with E-state index >= 15 is 0 Å². The number of piperidine rings is 2. The normalized spacial score (nSPS) is 37.1. The molecule has 0 radical (unpaired) electrons. The summed E-state index contributed by atoms with van der Waals surface area (Å²) in [4.78, 5) is 35.8. The van der Waals surface area contributed by atoms with Crippen LogP contribution >= 0.6 is 0 Å². The third kappa shape index (κ3) is 2.84. The number of esters is 1. The number of hydrogen-bond acceptors (Lipinski definition) is 7. The molecule has 1 aliphatic carbocycles. The molecule has 8 nitrogen and oxygen atoms in total. The molecule has 5 aliphatic heterocycles. The van der Waals surface area contributed by atoms with Crippen LogP contribution in [0.5, 0.6) is 0 Å². The Labute approximate surface area is 204 Å². The van der Waals surface area contributed by atoms with Crippen molar-refractivity contribution >= 4 is 23.3 Å². The molecule has 1 amide bonds. The molecular formula is C27H31N3O5. The van der Waals surface area contributed by atoms with Crippen molar-refractivity contribution < 1.29 is 23.9 Å². The molecule has 35 heavy (non-hydrogen) atoms. The summed E-state index contributed by atoms with van der Waals surface area (Å²) in [7, 11) is 1.39. The van der Waals surface area contributed by atoms with E-state index in [1.807, 2.05) is 6.07 Å². The van der Waals surface area contributed by atoms with E-state index in [-0.39, 0.29) is 35.4 Å². The van der Waals surface area contributed by atoms with Gasteiger partial charge in [0.15, 0.2) is 5.71 Å². The first-order chi connectivity index (χ1) is 17.1. The first kappa shape index (κ1) is 21.6. The first-order valence-corrected chi connectivity index (χ1v) is 12.9. The van der Waals surface area contributed by atoms with Gasteiger partial charge in [-0.25, -0.2) is 0 Å². The third-order valence-electron chi connectivity index (χ3n) is 9.42. The number of carbonyl (C=O) groups excluding carboxylic acids is 2. The highest BCUT2D eigenvalue weighted by atomic mass is 16.6. The maximum atomic E-state index is 14.1. The molecule has 6 aliphatic rings. The van der Waals surface area contributed by atoms with Crippen LogP contribution in [-0.2, 0) is 29.3 Å². The fraction of sp³-hybridized carbons (Fsp3) is 0.593. The van der Waals surface area contributed by atoms with Crippen molar-refractivity contribution in [2.24, 2.45) is 17.0 Å². The molecule has 0 N–H and O–H groups in total. The minimum Gasteiger partial charge on any atom is -0.469 e. The topological polar surface area (TPSA) is 80.7 Å². The van der Waals surface area contributed by atoms with Crippen molar-refractivity contribution in [3.63, 3.8) is 0 Å². The summed E-state index contributed by atoms with van der Waals surface area (Å²) in [6.07, 6.45) is 5.76. The first-order valence-electron chi connectivity index (χ1n) is 12.9. The summed E-state index contributed by atoms with van der Waals surface area (Å²) in [5.74, 6) is 0.259. The van der Waals surface area contributed by atoms with Crippen LogP contribution in [0.4, 0.5) is 5.69 Å². The van der Waals surface area contributed by atoms with Crippen molar-refractivity contribution in [2.45, 2.75) is 55.7 Å². The monoisotopic (exact) mass is 477 g/mol. The summed E-state index contributed by atoms with van der Waals surface area (Å²) < 4.78 is 11.1. The third-order valence-corrected chi connectivity index (χ3v) is 9.42. The minimum atomic E-state index is -0.364. The zero-order valence-corrected chi connectivity index (χ0v) is 20.0. The Bertz CT molecular complexity index is 1150. The molecule has 1 aromatic carbocycles. The quantitative estimate of drug-likeness (QED) is 0.271. The number of amides is 1. The Balaban J connectivity index is 1.25. The average molecular weight is 478 g/mol. The Morgan fingerprint density at radius 1 is 1.29 bits per heavy atom. The van der Waals surface area contributed by atoms with E-state index in [1.165, 1.54) is 18.2 Å². The predicted molar refractivity (Wildman–Crippen MR) is 128 cm³/mol. The van der Waals surface area contributed by atoms with Gasteiger partial charge in [0.2, 0.25) is 0 Å². The van der Waals surface area contributed by atoms with E-state index in [1.54, 1.807) is 0 Å². The molecule has 1 aromatic rings. The van der Waals surface area contributed by atoms with Gasteiger partial charge in [-0.3, -0.25) is 14.5 Å². The van der Waals surface area contributed by atoms with Crippen molar-refractivity contribution in [1.29, 1.82) is 0 Å². The number of rotatable bonds is 6. The molecule has 6 atom stereocenters.